The van der Waals surface area contributed by atoms with Crippen molar-refractivity contribution in [3.63, 3.8) is 0 Å². The van der Waals surface area contributed by atoms with Gasteiger partial charge in [0.15, 0.2) is 18.1 Å². The van der Waals surface area contributed by atoms with Crippen LogP contribution in [0.15, 0.2) is 42.5 Å². The highest BCUT2D eigenvalue weighted by Gasteiger charge is 2.26. The van der Waals surface area contributed by atoms with Crippen molar-refractivity contribution in [3.05, 3.63) is 48.0 Å². The van der Waals surface area contributed by atoms with Crippen LogP contribution in [0.25, 0.3) is 0 Å². The molecule has 0 aromatic heterocycles. The highest BCUT2D eigenvalue weighted by Crippen LogP contribution is 2.32. The first-order chi connectivity index (χ1) is 14.9. The average Bonchev–Trinajstić information content (AvgIpc) is 2.74. The van der Waals surface area contributed by atoms with Crippen LogP contribution < -0.4 is 19.1 Å². The Hall–Kier alpha value is -3.36. The molecule has 0 saturated carbocycles. The summed E-state index contributed by atoms with van der Waals surface area (Å²) in [7, 11) is 1.64. The molecule has 0 radical (unpaired) electrons. The predicted octanol–water partition coefficient (Wildman–Crippen LogP) is 3.46. The second-order valence-corrected chi connectivity index (χ2v) is 6.89. The fourth-order valence-electron chi connectivity index (χ4n) is 3.27. The number of hydrogen-bond donors (Lipinski definition) is 0. The molecule has 31 heavy (non-hydrogen) atoms. The van der Waals surface area contributed by atoms with E-state index in [1.54, 1.807) is 49.2 Å². The van der Waals surface area contributed by atoms with E-state index in [2.05, 4.69) is 4.74 Å². The zero-order valence-electron chi connectivity index (χ0n) is 17.3. The van der Waals surface area contributed by atoms with E-state index < -0.39 is 6.61 Å². The van der Waals surface area contributed by atoms with Crippen molar-refractivity contribution in [2.45, 2.75) is 26.5 Å². The van der Waals surface area contributed by atoms with Crippen LogP contribution in [0.5, 0.6) is 17.2 Å². The lowest BCUT2D eigenvalue weighted by atomic mass is 10.1. The molecule has 0 N–H and O–H groups in total. The molecular weight excluding hydrogens is 410 g/mol. The summed E-state index contributed by atoms with van der Waals surface area (Å²) in [6, 6.07) is 11.8. The zero-order valence-corrected chi connectivity index (χ0v) is 17.3. The van der Waals surface area contributed by atoms with E-state index in [0.29, 0.717) is 17.0 Å². The van der Waals surface area contributed by atoms with E-state index >= 15 is 0 Å². The molecule has 0 bridgehead atoms. The van der Waals surface area contributed by atoms with Gasteiger partial charge in [0, 0.05) is 26.6 Å². The maximum Gasteiger partial charge on any atom is 0.387 e. The summed E-state index contributed by atoms with van der Waals surface area (Å²) in [6.07, 6.45) is 0.126. The summed E-state index contributed by atoms with van der Waals surface area (Å²) in [5, 5.41) is 0. The zero-order chi connectivity index (χ0) is 22.4. The molecule has 2 aromatic rings. The van der Waals surface area contributed by atoms with Crippen LogP contribution in [0.1, 0.15) is 18.9 Å². The number of hydrogen-bond acceptors (Lipinski definition) is 5. The van der Waals surface area contributed by atoms with Crippen LogP contribution in [0.4, 0.5) is 14.5 Å². The predicted molar refractivity (Wildman–Crippen MR) is 110 cm³/mol. The summed E-state index contributed by atoms with van der Waals surface area (Å²) >= 11 is 0. The lowest BCUT2D eigenvalue weighted by Crippen LogP contribution is -2.41. The quantitative estimate of drug-likeness (QED) is 0.605. The largest absolute Gasteiger partial charge is 0.490 e. The van der Waals surface area contributed by atoms with Gasteiger partial charge < -0.3 is 24.0 Å². The molecule has 0 unspecified atom stereocenters. The number of amides is 2. The maximum absolute atomic E-state index is 12.6. The molecule has 0 aliphatic carbocycles. The van der Waals surface area contributed by atoms with Crippen LogP contribution in [-0.2, 0) is 16.1 Å². The standard InChI is InChI=1S/C22H24F2N2O5/c1-3-29-19-12-15(8-9-18(19)31-22(23)24)13-25(2)20(27)10-11-26-16-6-4-5-7-17(16)30-14-21(26)28/h4-9,12,22H,3,10-11,13-14H2,1-2H3. The summed E-state index contributed by atoms with van der Waals surface area (Å²) in [5.74, 6) is 0.376. The number of anilines is 1. The van der Waals surface area contributed by atoms with Crippen molar-refractivity contribution in [1.29, 1.82) is 0 Å². The number of alkyl halides is 2. The second kappa shape index (κ2) is 10.1. The lowest BCUT2D eigenvalue weighted by molar-refractivity contribution is -0.130. The van der Waals surface area contributed by atoms with Crippen molar-refractivity contribution < 1.29 is 32.6 Å². The Morgan fingerprint density at radius 3 is 2.74 bits per heavy atom. The van der Waals surface area contributed by atoms with E-state index in [1.807, 2.05) is 6.07 Å². The Morgan fingerprint density at radius 1 is 1.23 bits per heavy atom. The van der Waals surface area contributed by atoms with Crippen molar-refractivity contribution >= 4 is 17.5 Å². The minimum atomic E-state index is -2.96. The molecule has 0 saturated heterocycles. The number of carbonyl (C=O) groups is 2. The molecule has 7 nitrogen and oxygen atoms in total. The third kappa shape index (κ3) is 5.62. The van der Waals surface area contributed by atoms with Crippen molar-refractivity contribution in [1.82, 2.24) is 4.90 Å². The molecular formula is C22H24F2N2O5. The number of para-hydroxylation sites is 2. The van der Waals surface area contributed by atoms with Crippen molar-refractivity contribution in [2.24, 2.45) is 0 Å². The van der Waals surface area contributed by atoms with E-state index in [1.165, 1.54) is 11.0 Å². The number of nitrogens with zero attached hydrogens (tertiary/aromatic N) is 2. The highest BCUT2D eigenvalue weighted by atomic mass is 19.3. The number of fused-ring (bicyclic) bond motifs is 1. The second-order valence-electron chi connectivity index (χ2n) is 6.89. The molecule has 166 valence electrons. The normalized spacial score (nSPS) is 12.9. The number of benzene rings is 2. The van der Waals surface area contributed by atoms with Gasteiger partial charge >= 0.3 is 6.61 Å². The minimum Gasteiger partial charge on any atom is -0.490 e. The molecule has 9 heteroatoms. The van der Waals surface area contributed by atoms with Gasteiger partial charge in [-0.2, -0.15) is 8.78 Å². The number of carbonyl (C=O) groups excluding carboxylic acids is 2. The molecule has 2 aromatic carbocycles. The first-order valence-electron chi connectivity index (χ1n) is 9.85. The van der Waals surface area contributed by atoms with E-state index in [-0.39, 0.29) is 56.0 Å². The smallest absolute Gasteiger partial charge is 0.387 e. The average molecular weight is 434 g/mol. The van der Waals surface area contributed by atoms with Crippen LogP contribution in [-0.4, -0.2) is 50.1 Å². The van der Waals surface area contributed by atoms with Gasteiger partial charge in [0.1, 0.15) is 5.75 Å². The fourth-order valence-corrected chi connectivity index (χ4v) is 3.27. The summed E-state index contributed by atoms with van der Waals surface area (Å²) in [6.45, 7) is -0.516. The molecule has 0 spiro atoms. The van der Waals surface area contributed by atoms with Gasteiger partial charge in [0.2, 0.25) is 5.91 Å². The third-order valence-electron chi connectivity index (χ3n) is 4.73. The van der Waals surface area contributed by atoms with Gasteiger partial charge in [0.25, 0.3) is 5.91 Å². The first-order valence-corrected chi connectivity index (χ1v) is 9.85. The Morgan fingerprint density at radius 2 is 2.00 bits per heavy atom. The maximum atomic E-state index is 12.6. The lowest BCUT2D eigenvalue weighted by Gasteiger charge is -2.29. The van der Waals surface area contributed by atoms with Gasteiger partial charge in [-0.25, -0.2) is 0 Å². The SMILES string of the molecule is CCOc1cc(CN(C)C(=O)CCN2C(=O)COc3ccccc32)ccc1OC(F)F. The van der Waals surface area contributed by atoms with Crippen molar-refractivity contribution in [2.75, 3.05) is 31.7 Å². The Balaban J connectivity index is 1.62. The topological polar surface area (TPSA) is 68.3 Å². The van der Waals surface area contributed by atoms with Crippen LogP contribution in [0, 0.1) is 0 Å². The van der Waals surface area contributed by atoms with Crippen LogP contribution >= 0.6 is 0 Å². The molecule has 1 aliphatic rings. The van der Waals surface area contributed by atoms with Crippen LogP contribution in [0.2, 0.25) is 0 Å². The van der Waals surface area contributed by atoms with E-state index in [4.69, 9.17) is 9.47 Å². The highest BCUT2D eigenvalue weighted by molar-refractivity contribution is 5.98. The Kier molecular flexibility index (Phi) is 7.28. The van der Waals surface area contributed by atoms with Gasteiger partial charge in [0.05, 0.1) is 12.3 Å². The Labute approximate surface area is 179 Å². The molecule has 0 atom stereocenters. The third-order valence-corrected chi connectivity index (χ3v) is 4.73. The fraction of sp³-hybridized carbons (Fsp3) is 0.364. The monoisotopic (exact) mass is 434 g/mol. The Bertz CT molecular complexity index is 938. The van der Waals surface area contributed by atoms with Gasteiger partial charge in [-0.3, -0.25) is 9.59 Å². The summed E-state index contributed by atoms with van der Waals surface area (Å²) in [5.41, 5.74) is 1.35. The summed E-state index contributed by atoms with van der Waals surface area (Å²) < 4.78 is 40.3. The van der Waals surface area contributed by atoms with Crippen LogP contribution in [0.3, 0.4) is 0 Å². The molecule has 0 fully saturated rings. The van der Waals surface area contributed by atoms with E-state index in [9.17, 15) is 18.4 Å². The number of halogens is 2. The number of rotatable bonds is 9. The molecule has 1 heterocycles. The summed E-state index contributed by atoms with van der Waals surface area (Å²) in [4.78, 5) is 27.9. The molecule has 1 aliphatic heterocycles. The van der Waals surface area contributed by atoms with Gasteiger partial charge in [-0.05, 0) is 36.8 Å². The van der Waals surface area contributed by atoms with Gasteiger partial charge in [-0.1, -0.05) is 18.2 Å². The minimum absolute atomic E-state index is 0.0564. The van der Waals surface area contributed by atoms with Crippen molar-refractivity contribution in [3.8, 4) is 17.2 Å². The molecule has 3 rings (SSSR count). The molecule has 2 amide bonds. The number of ether oxygens (including phenoxy) is 3. The van der Waals surface area contributed by atoms with E-state index in [0.717, 1.165) is 0 Å². The first kappa shape index (κ1) is 22.3. The van der Waals surface area contributed by atoms with Gasteiger partial charge in [-0.15, -0.1) is 0 Å².